The molecule has 1 saturated carbocycles. The quantitative estimate of drug-likeness (QED) is 0.220. The number of rotatable bonds is 7. The maximum atomic E-state index is 13.9. The van der Waals surface area contributed by atoms with Crippen molar-refractivity contribution < 1.29 is 23.6 Å². The highest BCUT2D eigenvalue weighted by molar-refractivity contribution is 6.39. The number of fused-ring (bicyclic) bond motifs is 1. The molecule has 2 aromatic heterocycles. The first kappa shape index (κ1) is 28.2. The van der Waals surface area contributed by atoms with Crippen LogP contribution in [-0.4, -0.2) is 40.4 Å². The van der Waals surface area contributed by atoms with Gasteiger partial charge < -0.3 is 19.3 Å². The topological polar surface area (TPSA) is 88.7 Å². The summed E-state index contributed by atoms with van der Waals surface area (Å²) in [6.45, 7) is 5.58. The molecule has 1 spiro atoms. The summed E-state index contributed by atoms with van der Waals surface area (Å²) >= 11 is 12.9. The molecule has 0 radical (unpaired) electrons. The van der Waals surface area contributed by atoms with Crippen molar-refractivity contribution in [3.05, 3.63) is 75.4 Å². The summed E-state index contributed by atoms with van der Waals surface area (Å²) in [4.78, 5) is 18.3. The van der Waals surface area contributed by atoms with Gasteiger partial charge in [-0.15, -0.1) is 0 Å². The second-order valence-electron chi connectivity index (χ2n) is 12.2. The van der Waals surface area contributed by atoms with Crippen LogP contribution >= 0.6 is 23.2 Å². The SMILES string of the molecule is CC(C)Oc1cc(C(=O)O)nc2ccc(N3CCC4(C=C(c5c(-c6c(Cl)cc(F)cc6Cl)noc5C5CC5)C4)CC3)cc12. The predicted octanol–water partition coefficient (Wildman–Crippen LogP) is 8.77. The molecule has 7 rings (SSSR count). The van der Waals surface area contributed by atoms with Gasteiger partial charge in [0.15, 0.2) is 5.69 Å². The molecule has 4 aromatic rings. The van der Waals surface area contributed by atoms with E-state index in [1.165, 1.54) is 23.8 Å². The normalized spacial score (nSPS) is 17.8. The van der Waals surface area contributed by atoms with E-state index in [9.17, 15) is 14.3 Å². The summed E-state index contributed by atoms with van der Waals surface area (Å²) in [6.07, 6.45) is 7.24. The molecule has 1 saturated heterocycles. The fourth-order valence-electron chi connectivity index (χ4n) is 6.43. The molecule has 3 aliphatic rings. The second kappa shape index (κ2) is 10.5. The van der Waals surface area contributed by atoms with Gasteiger partial charge in [-0.2, -0.15) is 0 Å². The zero-order valence-electron chi connectivity index (χ0n) is 23.8. The van der Waals surface area contributed by atoms with Crippen LogP contribution in [0, 0.1) is 11.2 Å². The standard InChI is InChI=1S/C33H30Cl2FN3O4/c1-17(2)42-27-14-26(32(40)41)37-25-6-5-21(13-22(25)27)39-9-7-33(8-10-39)15-19(16-33)28-30(38-43-31(28)18-3-4-18)29-23(34)11-20(36)12-24(29)35/h5-6,11-15,17-18H,3-4,7-10,16H2,1-2H3,(H,40,41). The highest BCUT2D eigenvalue weighted by atomic mass is 35.5. The molecule has 10 heteroatoms. The smallest absolute Gasteiger partial charge is 0.354 e. The third kappa shape index (κ3) is 5.14. The van der Waals surface area contributed by atoms with E-state index < -0.39 is 11.8 Å². The molecule has 2 aliphatic carbocycles. The number of nitrogens with zero attached hydrogens (tertiary/aromatic N) is 3. The number of ether oxygens (including phenoxy) is 1. The van der Waals surface area contributed by atoms with Crippen LogP contribution in [0.2, 0.25) is 10.0 Å². The van der Waals surface area contributed by atoms with Gasteiger partial charge in [0.2, 0.25) is 0 Å². The summed E-state index contributed by atoms with van der Waals surface area (Å²) < 4.78 is 25.8. The zero-order valence-corrected chi connectivity index (χ0v) is 25.3. The number of aromatic carboxylic acids is 1. The molecular weight excluding hydrogens is 592 g/mol. The molecule has 2 aromatic carbocycles. The Balaban J connectivity index is 1.14. The first-order chi connectivity index (χ1) is 20.6. The summed E-state index contributed by atoms with van der Waals surface area (Å²) in [7, 11) is 0. The van der Waals surface area contributed by atoms with Crippen LogP contribution in [0.3, 0.4) is 0 Å². The van der Waals surface area contributed by atoms with Crippen LogP contribution < -0.4 is 9.64 Å². The average Bonchev–Trinajstić information content (AvgIpc) is 3.70. The van der Waals surface area contributed by atoms with Gasteiger partial charge in [0.1, 0.15) is 23.0 Å². The molecule has 1 aliphatic heterocycles. The van der Waals surface area contributed by atoms with E-state index in [2.05, 4.69) is 21.1 Å². The summed E-state index contributed by atoms with van der Waals surface area (Å²) in [6, 6.07) is 9.94. The first-order valence-corrected chi connectivity index (χ1v) is 15.3. The monoisotopic (exact) mass is 621 g/mol. The summed E-state index contributed by atoms with van der Waals surface area (Å²) in [5.74, 6) is 0.167. The van der Waals surface area contributed by atoms with E-state index in [0.717, 1.165) is 67.6 Å². The minimum atomic E-state index is -1.08. The Morgan fingerprint density at radius 2 is 1.81 bits per heavy atom. The van der Waals surface area contributed by atoms with E-state index in [1.54, 1.807) is 0 Å². The lowest BCUT2D eigenvalue weighted by Gasteiger charge is -2.47. The van der Waals surface area contributed by atoms with Crippen LogP contribution in [0.25, 0.3) is 27.7 Å². The van der Waals surface area contributed by atoms with Crippen molar-refractivity contribution in [2.45, 2.75) is 58.0 Å². The molecule has 0 atom stereocenters. The highest BCUT2D eigenvalue weighted by Crippen LogP contribution is 2.56. The number of hydrogen-bond acceptors (Lipinski definition) is 6. The number of aromatic nitrogens is 2. The van der Waals surface area contributed by atoms with Gasteiger partial charge in [0, 0.05) is 47.3 Å². The molecule has 222 valence electrons. The zero-order chi connectivity index (χ0) is 30.0. The molecule has 0 bridgehead atoms. The van der Waals surface area contributed by atoms with Crippen molar-refractivity contribution in [2.24, 2.45) is 5.41 Å². The number of carboxylic acid groups (broad SMARTS) is 1. The number of pyridine rings is 1. The van der Waals surface area contributed by atoms with Crippen LogP contribution in [-0.2, 0) is 0 Å². The van der Waals surface area contributed by atoms with Crippen LogP contribution in [0.4, 0.5) is 10.1 Å². The minimum Gasteiger partial charge on any atom is -0.490 e. The lowest BCUT2D eigenvalue weighted by molar-refractivity contribution is 0.0690. The van der Waals surface area contributed by atoms with Crippen molar-refractivity contribution in [2.75, 3.05) is 18.0 Å². The van der Waals surface area contributed by atoms with Crippen molar-refractivity contribution in [1.29, 1.82) is 0 Å². The van der Waals surface area contributed by atoms with Crippen LogP contribution in [0.15, 0.2) is 47.0 Å². The van der Waals surface area contributed by atoms with Crippen LogP contribution in [0.1, 0.15) is 73.7 Å². The molecule has 43 heavy (non-hydrogen) atoms. The average molecular weight is 623 g/mol. The number of benzene rings is 2. The fourth-order valence-corrected chi connectivity index (χ4v) is 7.07. The number of carboxylic acids is 1. The molecule has 0 amide bonds. The van der Waals surface area contributed by atoms with Gasteiger partial charge in [-0.05, 0) is 87.3 Å². The number of piperidine rings is 1. The van der Waals surface area contributed by atoms with Crippen molar-refractivity contribution in [1.82, 2.24) is 10.1 Å². The maximum Gasteiger partial charge on any atom is 0.354 e. The Kier molecular flexibility index (Phi) is 6.89. The number of carbonyl (C=O) groups is 1. The van der Waals surface area contributed by atoms with E-state index >= 15 is 0 Å². The van der Waals surface area contributed by atoms with Gasteiger partial charge in [0.05, 0.1) is 21.7 Å². The predicted molar refractivity (Wildman–Crippen MR) is 165 cm³/mol. The van der Waals surface area contributed by atoms with E-state index in [0.29, 0.717) is 28.4 Å². The Morgan fingerprint density at radius 3 is 2.44 bits per heavy atom. The number of anilines is 1. The molecule has 1 N–H and O–H groups in total. The Bertz CT molecular complexity index is 1780. The molecule has 3 heterocycles. The van der Waals surface area contributed by atoms with E-state index in [1.807, 2.05) is 32.0 Å². The minimum absolute atomic E-state index is 0.0341. The molecule has 7 nitrogen and oxygen atoms in total. The third-order valence-electron chi connectivity index (χ3n) is 8.71. The van der Waals surface area contributed by atoms with Gasteiger partial charge in [-0.3, -0.25) is 0 Å². The largest absolute Gasteiger partial charge is 0.490 e. The molecular formula is C33H30Cl2FN3O4. The lowest BCUT2D eigenvalue weighted by Crippen LogP contribution is -2.42. The fraction of sp³-hybridized carbons (Fsp3) is 0.364. The first-order valence-electron chi connectivity index (χ1n) is 14.6. The highest BCUT2D eigenvalue weighted by Gasteiger charge is 2.44. The second-order valence-corrected chi connectivity index (χ2v) is 13.0. The van der Waals surface area contributed by atoms with Crippen molar-refractivity contribution in [3.63, 3.8) is 0 Å². The van der Waals surface area contributed by atoms with Gasteiger partial charge >= 0.3 is 5.97 Å². The Labute approximate surface area is 258 Å². The number of allylic oxidation sites excluding steroid dienone is 2. The number of hydrogen-bond donors (Lipinski definition) is 1. The Morgan fingerprint density at radius 1 is 1.12 bits per heavy atom. The van der Waals surface area contributed by atoms with E-state index in [-0.39, 0.29) is 27.3 Å². The third-order valence-corrected chi connectivity index (χ3v) is 9.31. The Hall–Kier alpha value is -3.62. The lowest BCUT2D eigenvalue weighted by atomic mass is 9.63. The number of halogens is 3. The molecule has 2 fully saturated rings. The maximum absolute atomic E-state index is 13.9. The van der Waals surface area contributed by atoms with Gasteiger partial charge in [-0.1, -0.05) is 34.4 Å². The van der Waals surface area contributed by atoms with Crippen LogP contribution in [0.5, 0.6) is 5.75 Å². The summed E-state index contributed by atoms with van der Waals surface area (Å²) in [5, 5.41) is 15.1. The molecule has 0 unspecified atom stereocenters. The van der Waals surface area contributed by atoms with Gasteiger partial charge in [-0.25, -0.2) is 14.2 Å². The van der Waals surface area contributed by atoms with E-state index in [4.69, 9.17) is 32.5 Å². The summed E-state index contributed by atoms with van der Waals surface area (Å²) in [5.41, 5.74) is 4.95. The van der Waals surface area contributed by atoms with Crippen molar-refractivity contribution >= 4 is 51.3 Å². The van der Waals surface area contributed by atoms with Crippen molar-refractivity contribution in [3.8, 4) is 17.0 Å². The van der Waals surface area contributed by atoms with Gasteiger partial charge in [0.25, 0.3) is 0 Å².